The lowest BCUT2D eigenvalue weighted by Gasteiger charge is -2.07. The maximum atomic E-state index is 12.0. The summed E-state index contributed by atoms with van der Waals surface area (Å²) in [6.07, 6.45) is 0.734. The second-order valence-electron chi connectivity index (χ2n) is 5.52. The van der Waals surface area contributed by atoms with Crippen molar-refractivity contribution in [1.82, 2.24) is 5.32 Å². The highest BCUT2D eigenvalue weighted by Gasteiger charge is 2.17. The monoisotopic (exact) mass is 310 g/mol. The van der Waals surface area contributed by atoms with Crippen molar-refractivity contribution in [3.05, 3.63) is 59.2 Å². The molecule has 0 saturated carbocycles. The van der Waals surface area contributed by atoms with Gasteiger partial charge in [-0.2, -0.15) is 0 Å². The molecule has 2 aromatic carbocycles. The average Bonchev–Trinajstić information content (AvgIpc) is 2.93. The molecule has 2 N–H and O–H groups in total. The zero-order chi connectivity index (χ0) is 16.2. The molecule has 0 radical (unpaired) electrons. The van der Waals surface area contributed by atoms with Gasteiger partial charge in [0.1, 0.15) is 5.75 Å². The minimum Gasteiger partial charge on any atom is -0.497 e. The SMILES string of the molecule is COc1ccc(CC(=O)NCc2ccc3c(c2)CC(=O)N3)cc1. The Kier molecular flexibility index (Phi) is 4.28. The molecule has 0 saturated heterocycles. The molecule has 23 heavy (non-hydrogen) atoms. The van der Waals surface area contributed by atoms with E-state index in [9.17, 15) is 9.59 Å². The van der Waals surface area contributed by atoms with Gasteiger partial charge in [0.05, 0.1) is 20.0 Å². The molecule has 3 rings (SSSR count). The molecule has 2 aromatic rings. The smallest absolute Gasteiger partial charge is 0.228 e. The first-order chi connectivity index (χ1) is 11.1. The predicted octanol–water partition coefficient (Wildman–Crippen LogP) is 2.05. The highest BCUT2D eigenvalue weighted by molar-refractivity contribution is 5.99. The van der Waals surface area contributed by atoms with Crippen molar-refractivity contribution in [1.29, 1.82) is 0 Å². The third-order valence-electron chi connectivity index (χ3n) is 3.81. The first-order valence-corrected chi connectivity index (χ1v) is 7.45. The Morgan fingerprint density at radius 2 is 1.91 bits per heavy atom. The van der Waals surface area contributed by atoms with Crippen LogP contribution < -0.4 is 15.4 Å². The van der Waals surface area contributed by atoms with E-state index in [1.165, 1.54) is 0 Å². The minimum atomic E-state index is -0.0372. The Bertz CT molecular complexity index is 738. The van der Waals surface area contributed by atoms with Crippen molar-refractivity contribution in [2.24, 2.45) is 0 Å². The molecular weight excluding hydrogens is 292 g/mol. The molecule has 0 aliphatic carbocycles. The van der Waals surface area contributed by atoms with Gasteiger partial charge in [0.25, 0.3) is 0 Å². The highest BCUT2D eigenvalue weighted by Crippen LogP contribution is 2.23. The topological polar surface area (TPSA) is 67.4 Å². The normalized spacial score (nSPS) is 12.5. The number of hydrogen-bond donors (Lipinski definition) is 2. The van der Waals surface area contributed by atoms with Gasteiger partial charge in [-0.1, -0.05) is 24.3 Å². The number of anilines is 1. The molecule has 118 valence electrons. The van der Waals surface area contributed by atoms with Gasteiger partial charge in [0, 0.05) is 12.2 Å². The summed E-state index contributed by atoms with van der Waals surface area (Å²) in [6, 6.07) is 13.2. The first kappa shape index (κ1) is 15.1. The number of carbonyl (C=O) groups excluding carboxylic acids is 2. The summed E-state index contributed by atoms with van der Waals surface area (Å²) < 4.78 is 5.09. The summed E-state index contributed by atoms with van der Waals surface area (Å²) in [4.78, 5) is 23.4. The van der Waals surface area contributed by atoms with Crippen LogP contribution in [0, 0.1) is 0 Å². The van der Waals surface area contributed by atoms with Crippen LogP contribution in [0.2, 0.25) is 0 Å². The van der Waals surface area contributed by atoms with E-state index in [0.29, 0.717) is 19.4 Å². The molecule has 1 aliphatic rings. The summed E-state index contributed by atoms with van der Waals surface area (Å²) in [6.45, 7) is 0.455. The molecular formula is C18H18N2O3. The predicted molar refractivity (Wildman–Crippen MR) is 87.3 cm³/mol. The number of rotatable bonds is 5. The molecule has 2 amide bonds. The molecule has 0 aromatic heterocycles. The van der Waals surface area contributed by atoms with Gasteiger partial charge < -0.3 is 15.4 Å². The number of methoxy groups -OCH3 is 1. The lowest BCUT2D eigenvalue weighted by molar-refractivity contribution is -0.120. The third kappa shape index (κ3) is 3.69. The van der Waals surface area contributed by atoms with Gasteiger partial charge in [-0.05, 0) is 34.9 Å². The largest absolute Gasteiger partial charge is 0.497 e. The van der Waals surface area contributed by atoms with Crippen molar-refractivity contribution >= 4 is 17.5 Å². The lowest BCUT2D eigenvalue weighted by Crippen LogP contribution is -2.24. The van der Waals surface area contributed by atoms with E-state index < -0.39 is 0 Å². The van der Waals surface area contributed by atoms with Crippen LogP contribution in [0.5, 0.6) is 5.75 Å². The van der Waals surface area contributed by atoms with Crippen LogP contribution in [0.1, 0.15) is 16.7 Å². The summed E-state index contributed by atoms with van der Waals surface area (Å²) in [5, 5.41) is 5.70. The Balaban J connectivity index is 1.54. The van der Waals surface area contributed by atoms with Crippen LogP contribution in [-0.4, -0.2) is 18.9 Å². The fraction of sp³-hybridized carbons (Fsp3) is 0.222. The molecule has 5 nitrogen and oxygen atoms in total. The number of fused-ring (bicyclic) bond motifs is 1. The summed E-state index contributed by atoms with van der Waals surface area (Å²) in [5.41, 5.74) is 3.77. The van der Waals surface area contributed by atoms with Crippen molar-refractivity contribution in [2.75, 3.05) is 12.4 Å². The fourth-order valence-electron chi connectivity index (χ4n) is 2.58. The summed E-state index contributed by atoms with van der Waals surface area (Å²) >= 11 is 0. The number of amides is 2. The number of hydrogen-bond acceptors (Lipinski definition) is 3. The summed E-state index contributed by atoms with van der Waals surface area (Å²) in [7, 11) is 1.61. The molecule has 0 atom stereocenters. The third-order valence-corrected chi connectivity index (χ3v) is 3.81. The maximum absolute atomic E-state index is 12.0. The quantitative estimate of drug-likeness (QED) is 0.888. The molecule has 0 spiro atoms. The Morgan fingerprint density at radius 1 is 1.17 bits per heavy atom. The zero-order valence-electron chi connectivity index (χ0n) is 12.9. The zero-order valence-corrected chi connectivity index (χ0v) is 12.9. The Morgan fingerprint density at radius 3 is 2.65 bits per heavy atom. The van der Waals surface area contributed by atoms with Crippen molar-refractivity contribution in [3.63, 3.8) is 0 Å². The van der Waals surface area contributed by atoms with Crippen LogP contribution >= 0.6 is 0 Å². The summed E-state index contributed by atoms with van der Waals surface area (Å²) in [5.74, 6) is 0.751. The van der Waals surface area contributed by atoms with E-state index >= 15 is 0 Å². The van der Waals surface area contributed by atoms with Crippen LogP contribution in [0.3, 0.4) is 0 Å². The van der Waals surface area contributed by atoms with Gasteiger partial charge in [0.2, 0.25) is 11.8 Å². The van der Waals surface area contributed by atoms with E-state index in [1.807, 2.05) is 42.5 Å². The van der Waals surface area contributed by atoms with Gasteiger partial charge in [-0.25, -0.2) is 0 Å². The van der Waals surface area contributed by atoms with Gasteiger partial charge in [-0.15, -0.1) is 0 Å². The number of nitrogens with one attached hydrogen (secondary N) is 2. The first-order valence-electron chi connectivity index (χ1n) is 7.45. The van der Waals surface area contributed by atoms with Crippen LogP contribution in [0.15, 0.2) is 42.5 Å². The number of carbonyl (C=O) groups is 2. The van der Waals surface area contributed by atoms with E-state index in [1.54, 1.807) is 7.11 Å². The second-order valence-corrected chi connectivity index (χ2v) is 5.52. The van der Waals surface area contributed by atoms with Crippen LogP contribution in [0.4, 0.5) is 5.69 Å². The molecule has 0 unspecified atom stereocenters. The van der Waals surface area contributed by atoms with E-state index in [2.05, 4.69) is 10.6 Å². The Labute approximate surface area is 134 Å². The molecule has 1 aliphatic heterocycles. The van der Waals surface area contributed by atoms with Crippen LogP contribution in [0.25, 0.3) is 0 Å². The Hall–Kier alpha value is -2.82. The fourth-order valence-corrected chi connectivity index (χ4v) is 2.58. The minimum absolute atomic E-state index is 0.0145. The molecule has 1 heterocycles. The van der Waals surface area contributed by atoms with E-state index in [0.717, 1.165) is 28.1 Å². The lowest BCUT2D eigenvalue weighted by atomic mass is 10.1. The molecule has 0 bridgehead atoms. The van der Waals surface area contributed by atoms with Crippen molar-refractivity contribution < 1.29 is 14.3 Å². The number of ether oxygens (including phenoxy) is 1. The second kappa shape index (κ2) is 6.52. The van der Waals surface area contributed by atoms with Crippen molar-refractivity contribution in [2.45, 2.75) is 19.4 Å². The maximum Gasteiger partial charge on any atom is 0.228 e. The number of benzene rings is 2. The van der Waals surface area contributed by atoms with Crippen molar-refractivity contribution in [3.8, 4) is 5.75 Å². The molecule has 0 fully saturated rings. The molecule has 5 heteroatoms. The highest BCUT2D eigenvalue weighted by atomic mass is 16.5. The van der Waals surface area contributed by atoms with E-state index in [4.69, 9.17) is 4.74 Å². The standard InChI is InChI=1S/C18H18N2O3/c1-23-15-5-2-12(3-6-15)9-17(21)19-11-13-4-7-16-14(8-13)10-18(22)20-16/h2-8H,9-11H2,1H3,(H,19,21)(H,20,22). The van der Waals surface area contributed by atoms with Gasteiger partial charge in [-0.3, -0.25) is 9.59 Å². The average molecular weight is 310 g/mol. The van der Waals surface area contributed by atoms with Crippen LogP contribution in [-0.2, 0) is 29.0 Å². The van der Waals surface area contributed by atoms with Gasteiger partial charge in [0.15, 0.2) is 0 Å². The van der Waals surface area contributed by atoms with E-state index in [-0.39, 0.29) is 11.8 Å². The van der Waals surface area contributed by atoms with Gasteiger partial charge >= 0.3 is 0 Å².